The van der Waals surface area contributed by atoms with Crippen LogP contribution < -0.4 is 5.84 Å². The van der Waals surface area contributed by atoms with E-state index in [1.165, 1.54) is 4.90 Å². The molecule has 0 saturated carbocycles. The van der Waals surface area contributed by atoms with Gasteiger partial charge in [0.15, 0.2) is 0 Å². The summed E-state index contributed by atoms with van der Waals surface area (Å²) in [5.74, 6) is 4.89. The number of carbonyl (C=O) groups is 2. The third kappa shape index (κ3) is 1.82. The Balaban J connectivity index is 2.09. The fraction of sp³-hybridized carbons (Fsp3) is 0.200. The predicted octanol–water partition coefficient (Wildman–Crippen LogP) is 0.324. The summed E-state index contributed by atoms with van der Waals surface area (Å²) in [5, 5.41) is 0.656. The van der Waals surface area contributed by atoms with Crippen LogP contribution in [-0.4, -0.2) is 28.4 Å². The quantitative estimate of drug-likeness (QED) is 0.429. The standard InChI is InChI=1S/C10H11N3O2/c11-13-9(14)7-12(10(13)15)6-8-4-2-1-3-5-8/h1-5H,6-7,11H2. The number of hydrazine groups is 1. The Bertz CT molecular complexity index is 391. The second kappa shape index (κ2) is 3.70. The average molecular weight is 205 g/mol. The highest BCUT2D eigenvalue weighted by Gasteiger charge is 2.33. The normalized spacial score (nSPS) is 16.3. The summed E-state index contributed by atoms with van der Waals surface area (Å²) in [4.78, 5) is 24.0. The maximum absolute atomic E-state index is 11.4. The van der Waals surface area contributed by atoms with Crippen molar-refractivity contribution in [3.8, 4) is 0 Å². The van der Waals surface area contributed by atoms with Crippen molar-refractivity contribution in [2.45, 2.75) is 6.54 Å². The minimum absolute atomic E-state index is 0.0597. The van der Waals surface area contributed by atoms with Crippen molar-refractivity contribution in [3.05, 3.63) is 35.9 Å². The van der Waals surface area contributed by atoms with E-state index in [0.717, 1.165) is 5.56 Å². The molecule has 1 aliphatic rings. The molecule has 0 spiro atoms. The van der Waals surface area contributed by atoms with Crippen LogP contribution in [0.15, 0.2) is 30.3 Å². The van der Waals surface area contributed by atoms with E-state index >= 15 is 0 Å². The molecule has 1 aliphatic heterocycles. The number of benzene rings is 1. The summed E-state index contributed by atoms with van der Waals surface area (Å²) in [6.07, 6.45) is 0. The van der Waals surface area contributed by atoms with Gasteiger partial charge in [-0.3, -0.25) is 4.79 Å². The predicted molar refractivity (Wildman–Crippen MR) is 53.3 cm³/mol. The SMILES string of the molecule is NN1C(=O)CN(Cc2ccccc2)C1=O. The Kier molecular flexibility index (Phi) is 2.39. The number of urea groups is 1. The number of nitrogens with zero attached hydrogens (tertiary/aromatic N) is 2. The van der Waals surface area contributed by atoms with Crippen LogP contribution in [-0.2, 0) is 11.3 Å². The molecule has 1 aromatic rings. The largest absolute Gasteiger partial charge is 0.342 e. The molecule has 3 amide bonds. The lowest BCUT2D eigenvalue weighted by Gasteiger charge is -2.13. The third-order valence-corrected chi connectivity index (χ3v) is 2.29. The molecule has 15 heavy (non-hydrogen) atoms. The number of nitrogens with two attached hydrogens (primary N) is 1. The van der Waals surface area contributed by atoms with Gasteiger partial charge >= 0.3 is 6.03 Å². The summed E-state index contributed by atoms with van der Waals surface area (Å²) in [6, 6.07) is 9.03. The van der Waals surface area contributed by atoms with Crippen molar-refractivity contribution >= 4 is 11.9 Å². The van der Waals surface area contributed by atoms with Crippen LogP contribution in [0.2, 0.25) is 0 Å². The molecule has 5 nitrogen and oxygen atoms in total. The zero-order chi connectivity index (χ0) is 10.8. The lowest BCUT2D eigenvalue weighted by atomic mass is 10.2. The highest BCUT2D eigenvalue weighted by molar-refractivity contribution is 6.01. The van der Waals surface area contributed by atoms with Crippen LogP contribution in [0.1, 0.15) is 5.56 Å². The molecule has 0 atom stereocenters. The van der Waals surface area contributed by atoms with Gasteiger partial charge in [-0.15, -0.1) is 0 Å². The van der Waals surface area contributed by atoms with Crippen LogP contribution in [0.5, 0.6) is 0 Å². The summed E-state index contributed by atoms with van der Waals surface area (Å²) >= 11 is 0. The van der Waals surface area contributed by atoms with E-state index in [4.69, 9.17) is 5.84 Å². The minimum atomic E-state index is -0.441. The van der Waals surface area contributed by atoms with Gasteiger partial charge in [0.2, 0.25) is 0 Å². The summed E-state index contributed by atoms with van der Waals surface area (Å²) in [5.41, 5.74) is 0.981. The molecule has 0 radical (unpaired) electrons. The molecule has 0 aliphatic carbocycles. The van der Waals surface area contributed by atoms with Gasteiger partial charge < -0.3 is 4.90 Å². The highest BCUT2D eigenvalue weighted by atomic mass is 16.2. The van der Waals surface area contributed by atoms with Gasteiger partial charge in [-0.25, -0.2) is 10.6 Å². The second-order valence-electron chi connectivity index (χ2n) is 3.39. The molecular weight excluding hydrogens is 194 g/mol. The molecule has 1 heterocycles. The Morgan fingerprint density at radius 2 is 1.87 bits per heavy atom. The number of amides is 3. The molecule has 78 valence electrons. The highest BCUT2D eigenvalue weighted by Crippen LogP contribution is 2.11. The van der Waals surface area contributed by atoms with E-state index in [2.05, 4.69) is 0 Å². The monoisotopic (exact) mass is 205 g/mol. The van der Waals surface area contributed by atoms with E-state index in [9.17, 15) is 9.59 Å². The van der Waals surface area contributed by atoms with Crippen LogP contribution in [0.3, 0.4) is 0 Å². The number of hydrogen-bond acceptors (Lipinski definition) is 3. The molecular formula is C10H11N3O2. The smallest absolute Gasteiger partial charge is 0.309 e. The zero-order valence-electron chi connectivity index (χ0n) is 8.09. The van der Waals surface area contributed by atoms with Crippen LogP contribution in [0, 0.1) is 0 Å². The Hall–Kier alpha value is -1.88. The lowest BCUT2D eigenvalue weighted by Crippen LogP contribution is -2.38. The van der Waals surface area contributed by atoms with Crippen molar-refractivity contribution in [3.63, 3.8) is 0 Å². The first-order valence-corrected chi connectivity index (χ1v) is 4.59. The Morgan fingerprint density at radius 3 is 2.40 bits per heavy atom. The zero-order valence-corrected chi connectivity index (χ0v) is 8.09. The van der Waals surface area contributed by atoms with Gasteiger partial charge in [0.1, 0.15) is 6.54 Å². The fourth-order valence-corrected chi connectivity index (χ4v) is 1.49. The first kappa shape index (κ1) is 9.67. The fourth-order valence-electron chi connectivity index (χ4n) is 1.49. The van der Waals surface area contributed by atoms with Gasteiger partial charge in [0.25, 0.3) is 5.91 Å². The first-order valence-electron chi connectivity index (χ1n) is 4.59. The number of imide groups is 1. The molecule has 1 fully saturated rings. The molecule has 1 aromatic carbocycles. The van der Waals surface area contributed by atoms with Crippen molar-refractivity contribution in [2.24, 2.45) is 5.84 Å². The van der Waals surface area contributed by atoms with Crippen LogP contribution in [0.25, 0.3) is 0 Å². The van der Waals surface area contributed by atoms with Gasteiger partial charge in [0.05, 0.1) is 0 Å². The van der Waals surface area contributed by atoms with Gasteiger partial charge in [-0.05, 0) is 5.56 Å². The molecule has 0 bridgehead atoms. The maximum Gasteiger partial charge on any atom is 0.342 e. The Labute approximate surface area is 87.0 Å². The molecule has 5 heteroatoms. The first-order chi connectivity index (χ1) is 7.18. The van der Waals surface area contributed by atoms with Crippen LogP contribution in [0.4, 0.5) is 4.79 Å². The lowest BCUT2D eigenvalue weighted by molar-refractivity contribution is -0.125. The minimum Gasteiger partial charge on any atom is -0.309 e. The van der Waals surface area contributed by atoms with Crippen molar-refractivity contribution in [1.29, 1.82) is 0 Å². The number of carbonyl (C=O) groups excluding carboxylic acids is 2. The Morgan fingerprint density at radius 1 is 1.20 bits per heavy atom. The number of hydrogen-bond donors (Lipinski definition) is 1. The van der Waals surface area contributed by atoms with Crippen molar-refractivity contribution in [2.75, 3.05) is 6.54 Å². The van der Waals surface area contributed by atoms with Crippen LogP contribution >= 0.6 is 0 Å². The molecule has 2 rings (SSSR count). The second-order valence-corrected chi connectivity index (χ2v) is 3.39. The van der Waals surface area contributed by atoms with E-state index in [0.29, 0.717) is 11.6 Å². The third-order valence-electron chi connectivity index (χ3n) is 2.29. The molecule has 0 aromatic heterocycles. The van der Waals surface area contributed by atoms with Gasteiger partial charge in [0, 0.05) is 6.54 Å². The topological polar surface area (TPSA) is 66.6 Å². The van der Waals surface area contributed by atoms with Gasteiger partial charge in [-0.1, -0.05) is 30.3 Å². The van der Waals surface area contributed by atoms with Crippen molar-refractivity contribution in [1.82, 2.24) is 9.91 Å². The van der Waals surface area contributed by atoms with E-state index < -0.39 is 6.03 Å². The maximum atomic E-state index is 11.4. The summed E-state index contributed by atoms with van der Waals surface area (Å²) in [6.45, 7) is 0.476. The summed E-state index contributed by atoms with van der Waals surface area (Å²) < 4.78 is 0. The molecule has 0 unspecified atom stereocenters. The van der Waals surface area contributed by atoms with Gasteiger partial charge in [-0.2, -0.15) is 5.01 Å². The van der Waals surface area contributed by atoms with E-state index in [1.807, 2.05) is 30.3 Å². The van der Waals surface area contributed by atoms with E-state index in [-0.39, 0.29) is 12.5 Å². The average Bonchev–Trinajstić information content (AvgIpc) is 2.48. The van der Waals surface area contributed by atoms with Crippen molar-refractivity contribution < 1.29 is 9.59 Å². The molecule has 2 N–H and O–H groups in total. The number of rotatable bonds is 2. The van der Waals surface area contributed by atoms with E-state index in [1.54, 1.807) is 0 Å². The molecule has 1 saturated heterocycles. The summed E-state index contributed by atoms with van der Waals surface area (Å²) in [7, 11) is 0.